The molecule has 1 aromatic rings. The van der Waals surface area contributed by atoms with Gasteiger partial charge in [-0.05, 0) is 24.3 Å². The van der Waals surface area contributed by atoms with Gasteiger partial charge in [-0.25, -0.2) is 0 Å². The Morgan fingerprint density at radius 1 is 1.29 bits per heavy atom. The van der Waals surface area contributed by atoms with Gasteiger partial charge in [-0.3, -0.25) is 4.79 Å². The predicted molar refractivity (Wildman–Crippen MR) is 53.7 cm³/mol. The zero-order valence-electron chi connectivity index (χ0n) is 8.04. The smallest absolute Gasteiger partial charge is 0.152 e. The third kappa shape index (κ3) is 4.20. The maximum atomic E-state index is 10.3. The van der Waals surface area contributed by atoms with Crippen LogP contribution in [0.25, 0.3) is 0 Å². The van der Waals surface area contributed by atoms with Crippen molar-refractivity contribution in [3.05, 3.63) is 34.7 Å². The Morgan fingerprint density at radius 2 is 1.71 bits per heavy atom. The highest BCUT2D eigenvalue weighted by atomic mass is 16.6. The Balaban J connectivity index is 0.000000500. The lowest BCUT2D eigenvalue weighted by atomic mass is 10.2. The summed E-state index contributed by atoms with van der Waals surface area (Å²) in [6.07, 6.45) is 0.847. The van der Waals surface area contributed by atoms with E-state index in [-0.39, 0.29) is 0 Å². The Labute approximate surface area is 81.9 Å². The van der Waals surface area contributed by atoms with Gasteiger partial charge in [-0.15, -0.1) is 4.91 Å². The zero-order valence-corrected chi connectivity index (χ0v) is 8.04. The fourth-order valence-electron chi connectivity index (χ4n) is 0.851. The number of anilines is 1. The predicted octanol–water partition coefficient (Wildman–Crippen LogP) is 1.71. The first-order valence-electron chi connectivity index (χ1n) is 3.85. The van der Waals surface area contributed by atoms with Crippen molar-refractivity contribution in [2.75, 3.05) is 19.0 Å². The van der Waals surface area contributed by atoms with Gasteiger partial charge in [-0.2, -0.15) is 0 Å². The summed E-state index contributed by atoms with van der Waals surface area (Å²) in [4.78, 5) is 20.4. The van der Waals surface area contributed by atoms with E-state index >= 15 is 0 Å². The van der Waals surface area contributed by atoms with E-state index in [0.29, 0.717) is 0 Å². The molecule has 1 N–H and O–H groups in total. The molecule has 0 saturated carbocycles. The Hall–Kier alpha value is -1.91. The fraction of sp³-hybridized carbons (Fsp3) is 0.222. The Kier molecular flexibility index (Phi) is 5.69. The number of carbonyl (C=O) groups is 1. The molecule has 1 rings (SSSR count). The molecule has 76 valence electrons. The van der Waals surface area contributed by atoms with Gasteiger partial charge in [0, 0.05) is 25.3 Å². The molecule has 0 aromatic heterocycles. The van der Waals surface area contributed by atoms with E-state index in [0.717, 1.165) is 17.5 Å². The van der Waals surface area contributed by atoms with Gasteiger partial charge < -0.3 is 10.1 Å². The Bertz CT molecular complexity index is 283. The molecule has 0 aliphatic heterocycles. The zero-order chi connectivity index (χ0) is 11.0. The Morgan fingerprint density at radius 3 is 2.00 bits per heavy atom. The molecule has 0 atom stereocenters. The highest BCUT2D eigenvalue weighted by Crippen LogP contribution is 2.10. The summed E-state index contributed by atoms with van der Waals surface area (Å²) in [6, 6.07) is 7.46. The summed E-state index contributed by atoms with van der Waals surface area (Å²) in [7, 11) is 3.94. The molecule has 0 saturated heterocycles. The van der Waals surface area contributed by atoms with Crippen molar-refractivity contribution < 1.29 is 10.0 Å². The molecule has 0 spiro atoms. The van der Waals surface area contributed by atoms with Gasteiger partial charge in [0.15, 0.2) is 5.34 Å². The summed E-state index contributed by atoms with van der Waals surface area (Å²) >= 11 is 0. The highest BCUT2D eigenvalue weighted by molar-refractivity contribution is 5.75. The normalized spacial score (nSPS) is 8.14. The average molecular weight is 196 g/mol. The molecule has 0 amide bonds. The van der Waals surface area contributed by atoms with Crippen LogP contribution in [0.5, 0.6) is 0 Å². The second kappa shape index (κ2) is 6.59. The number of benzene rings is 1. The lowest BCUT2D eigenvalue weighted by Gasteiger charge is -2.11. The molecular weight excluding hydrogens is 184 g/mol. The lowest BCUT2D eigenvalue weighted by molar-refractivity contribution is 0.112. The SMILES string of the molecule is CN(C)c1ccc(C=O)cc1.O=NO. The quantitative estimate of drug-likeness (QED) is 0.444. The lowest BCUT2D eigenvalue weighted by Crippen LogP contribution is -2.08. The van der Waals surface area contributed by atoms with Crippen molar-refractivity contribution in [1.82, 2.24) is 0 Å². The van der Waals surface area contributed by atoms with Crippen LogP contribution in [0.4, 0.5) is 5.69 Å². The maximum Gasteiger partial charge on any atom is 0.152 e. The maximum absolute atomic E-state index is 10.3. The van der Waals surface area contributed by atoms with Crippen LogP contribution in [-0.2, 0) is 0 Å². The molecule has 5 nitrogen and oxygen atoms in total. The van der Waals surface area contributed by atoms with Gasteiger partial charge in [0.1, 0.15) is 6.29 Å². The summed E-state index contributed by atoms with van der Waals surface area (Å²) in [5.41, 5.74) is 1.83. The largest absolute Gasteiger partial charge is 0.379 e. The molecule has 0 heterocycles. The first kappa shape index (κ1) is 12.1. The van der Waals surface area contributed by atoms with Crippen LogP contribution in [-0.4, -0.2) is 25.6 Å². The summed E-state index contributed by atoms with van der Waals surface area (Å²) in [5, 5.41) is 7.89. The van der Waals surface area contributed by atoms with Crippen LogP contribution in [0.3, 0.4) is 0 Å². The average Bonchev–Trinajstić information content (AvgIpc) is 2.19. The molecule has 0 aliphatic carbocycles. The summed E-state index contributed by atoms with van der Waals surface area (Å²) in [6.45, 7) is 0. The van der Waals surface area contributed by atoms with Crippen LogP contribution in [0.1, 0.15) is 10.4 Å². The molecule has 0 fully saturated rings. The summed E-state index contributed by atoms with van der Waals surface area (Å²) < 4.78 is 0. The number of rotatable bonds is 2. The monoisotopic (exact) mass is 196 g/mol. The van der Waals surface area contributed by atoms with E-state index in [2.05, 4.69) is 0 Å². The van der Waals surface area contributed by atoms with Gasteiger partial charge in [0.05, 0.1) is 0 Å². The molecule has 0 unspecified atom stereocenters. The van der Waals surface area contributed by atoms with Crippen LogP contribution in [0, 0.1) is 4.91 Å². The van der Waals surface area contributed by atoms with E-state index < -0.39 is 0 Å². The first-order chi connectivity index (χ1) is 6.65. The molecule has 14 heavy (non-hydrogen) atoms. The van der Waals surface area contributed by atoms with Crippen LogP contribution in [0.15, 0.2) is 29.6 Å². The van der Waals surface area contributed by atoms with Crippen molar-refractivity contribution in [2.24, 2.45) is 5.34 Å². The van der Waals surface area contributed by atoms with Crippen molar-refractivity contribution in [2.45, 2.75) is 0 Å². The molecule has 0 bridgehead atoms. The van der Waals surface area contributed by atoms with Crippen molar-refractivity contribution in [1.29, 1.82) is 0 Å². The van der Waals surface area contributed by atoms with E-state index in [1.165, 1.54) is 5.34 Å². The molecular formula is C9H12N2O3. The number of carbonyl (C=O) groups excluding carboxylic acids is 1. The van der Waals surface area contributed by atoms with Crippen LogP contribution < -0.4 is 4.90 Å². The van der Waals surface area contributed by atoms with Crippen LogP contribution >= 0.6 is 0 Å². The van der Waals surface area contributed by atoms with E-state index in [4.69, 9.17) is 10.1 Å². The number of aldehydes is 1. The third-order valence-electron chi connectivity index (χ3n) is 1.55. The van der Waals surface area contributed by atoms with Gasteiger partial charge in [0.2, 0.25) is 0 Å². The number of hydrogen-bond acceptors (Lipinski definition) is 4. The van der Waals surface area contributed by atoms with Crippen molar-refractivity contribution >= 4 is 12.0 Å². The number of hydrogen-bond donors (Lipinski definition) is 1. The number of nitrogens with zero attached hydrogens (tertiary/aromatic N) is 2. The van der Waals surface area contributed by atoms with Crippen molar-refractivity contribution in [3.63, 3.8) is 0 Å². The van der Waals surface area contributed by atoms with Crippen LogP contribution in [0.2, 0.25) is 0 Å². The highest BCUT2D eigenvalue weighted by Gasteiger charge is 1.93. The van der Waals surface area contributed by atoms with Gasteiger partial charge >= 0.3 is 0 Å². The summed E-state index contributed by atoms with van der Waals surface area (Å²) in [5.74, 6) is 0. The second-order valence-electron chi connectivity index (χ2n) is 2.69. The van der Waals surface area contributed by atoms with E-state index in [1.807, 2.05) is 43.3 Å². The minimum atomic E-state index is 0.718. The molecule has 0 radical (unpaired) electrons. The van der Waals surface area contributed by atoms with Crippen molar-refractivity contribution in [3.8, 4) is 0 Å². The first-order valence-corrected chi connectivity index (χ1v) is 3.85. The van der Waals surface area contributed by atoms with Gasteiger partial charge in [0.25, 0.3) is 0 Å². The molecule has 0 aliphatic rings. The molecule has 5 heteroatoms. The third-order valence-corrected chi connectivity index (χ3v) is 1.55. The topological polar surface area (TPSA) is 70.0 Å². The standard InChI is InChI=1S/C9H11NO.HNO2/c1-10(2)9-5-3-8(7-11)4-6-9;2-1-3/h3-7H,1-2H3;(H,2,3). The van der Waals surface area contributed by atoms with E-state index in [9.17, 15) is 4.79 Å². The van der Waals surface area contributed by atoms with Gasteiger partial charge in [-0.1, -0.05) is 0 Å². The molecule has 1 aromatic carbocycles. The van der Waals surface area contributed by atoms with E-state index in [1.54, 1.807) is 0 Å². The minimum Gasteiger partial charge on any atom is -0.379 e. The second-order valence-corrected chi connectivity index (χ2v) is 2.69. The fourth-order valence-corrected chi connectivity index (χ4v) is 0.851. The minimum absolute atomic E-state index is 0.718.